The molecule has 0 saturated carbocycles. The van der Waals surface area contributed by atoms with Gasteiger partial charge in [-0.05, 0) is 36.6 Å². The van der Waals surface area contributed by atoms with Crippen molar-refractivity contribution < 1.29 is 13.2 Å². The SMILES string of the molecule is CN=C1C[C@H](C)CN(c2ccc(C(F)(F)F)c3ncccc23)C1. The molecule has 0 bridgehead atoms. The van der Waals surface area contributed by atoms with Crippen molar-refractivity contribution in [2.45, 2.75) is 19.5 Å². The van der Waals surface area contributed by atoms with Crippen LogP contribution in [0.2, 0.25) is 0 Å². The quantitative estimate of drug-likeness (QED) is 0.788. The van der Waals surface area contributed by atoms with Crippen LogP contribution in [-0.4, -0.2) is 30.8 Å². The Morgan fingerprint density at radius 2 is 2.04 bits per heavy atom. The number of rotatable bonds is 1. The normalized spacial score (nSPS) is 21.2. The van der Waals surface area contributed by atoms with Crippen LogP contribution in [0.15, 0.2) is 35.5 Å². The average molecular weight is 321 g/mol. The van der Waals surface area contributed by atoms with Crippen LogP contribution in [-0.2, 0) is 6.18 Å². The highest BCUT2D eigenvalue weighted by Crippen LogP contribution is 2.38. The van der Waals surface area contributed by atoms with Crippen LogP contribution in [0, 0.1) is 5.92 Å². The summed E-state index contributed by atoms with van der Waals surface area (Å²) in [6.07, 6.45) is -2.07. The second kappa shape index (κ2) is 5.83. The molecule has 1 atom stereocenters. The Kier molecular flexibility index (Phi) is 4.00. The zero-order valence-corrected chi connectivity index (χ0v) is 13.1. The predicted molar refractivity (Wildman–Crippen MR) is 86.1 cm³/mol. The number of aromatic nitrogens is 1. The van der Waals surface area contributed by atoms with Gasteiger partial charge in [0.1, 0.15) is 0 Å². The van der Waals surface area contributed by atoms with Gasteiger partial charge in [0, 0.05) is 36.6 Å². The van der Waals surface area contributed by atoms with Gasteiger partial charge in [-0.2, -0.15) is 13.2 Å². The Labute approximate surface area is 132 Å². The number of halogens is 3. The van der Waals surface area contributed by atoms with Crippen molar-refractivity contribution in [1.82, 2.24) is 4.98 Å². The molecule has 1 saturated heterocycles. The first-order valence-corrected chi connectivity index (χ1v) is 7.54. The lowest BCUT2D eigenvalue weighted by Gasteiger charge is -2.34. The standard InChI is InChI=1S/C17H18F3N3/c1-11-8-12(21-2)10-23(9-11)15-6-5-14(17(18,19)20)16-13(15)4-3-7-22-16/h3-7,11H,8-10H2,1-2H3/t11-/m0/s1. The summed E-state index contributed by atoms with van der Waals surface area (Å²) >= 11 is 0. The van der Waals surface area contributed by atoms with Gasteiger partial charge in [0.25, 0.3) is 0 Å². The summed E-state index contributed by atoms with van der Waals surface area (Å²) in [6.45, 7) is 3.58. The lowest BCUT2D eigenvalue weighted by Crippen LogP contribution is -2.40. The fourth-order valence-corrected chi connectivity index (χ4v) is 3.20. The minimum atomic E-state index is -4.41. The molecular formula is C17H18F3N3. The number of aliphatic imine (C=N–C) groups is 1. The van der Waals surface area contributed by atoms with Gasteiger partial charge in [0.2, 0.25) is 0 Å². The predicted octanol–water partition coefficient (Wildman–Crippen LogP) is 4.17. The third-order valence-corrected chi connectivity index (χ3v) is 4.20. The highest BCUT2D eigenvalue weighted by Gasteiger charge is 2.34. The largest absolute Gasteiger partial charge is 0.418 e. The maximum absolute atomic E-state index is 13.2. The van der Waals surface area contributed by atoms with E-state index in [0.29, 0.717) is 17.8 Å². The van der Waals surface area contributed by atoms with Gasteiger partial charge in [-0.3, -0.25) is 9.98 Å². The van der Waals surface area contributed by atoms with Crippen LogP contribution in [0.3, 0.4) is 0 Å². The van der Waals surface area contributed by atoms with E-state index < -0.39 is 11.7 Å². The van der Waals surface area contributed by atoms with E-state index in [4.69, 9.17) is 0 Å². The van der Waals surface area contributed by atoms with Crippen LogP contribution >= 0.6 is 0 Å². The third-order valence-electron chi connectivity index (χ3n) is 4.20. The van der Waals surface area contributed by atoms with Gasteiger partial charge in [-0.15, -0.1) is 0 Å². The molecular weight excluding hydrogens is 303 g/mol. The molecule has 1 fully saturated rings. The van der Waals surface area contributed by atoms with Crippen LogP contribution in [0.1, 0.15) is 18.9 Å². The molecule has 122 valence electrons. The maximum Gasteiger partial charge on any atom is 0.418 e. The van der Waals surface area contributed by atoms with Gasteiger partial charge in [-0.25, -0.2) is 0 Å². The Hall–Kier alpha value is -2.11. The maximum atomic E-state index is 13.2. The number of hydrogen-bond donors (Lipinski definition) is 0. The first kappa shape index (κ1) is 15.8. The van der Waals surface area contributed by atoms with Crippen molar-refractivity contribution in [2.75, 3.05) is 25.0 Å². The van der Waals surface area contributed by atoms with Crippen molar-refractivity contribution in [3.8, 4) is 0 Å². The summed E-state index contributed by atoms with van der Waals surface area (Å²) in [5.74, 6) is 0.413. The molecule has 23 heavy (non-hydrogen) atoms. The molecule has 0 N–H and O–H groups in total. The summed E-state index contributed by atoms with van der Waals surface area (Å²) in [5, 5.41) is 0.534. The van der Waals surface area contributed by atoms with Gasteiger partial charge < -0.3 is 4.90 Å². The molecule has 2 aromatic rings. The van der Waals surface area contributed by atoms with Gasteiger partial charge >= 0.3 is 6.18 Å². The Morgan fingerprint density at radius 3 is 2.74 bits per heavy atom. The molecule has 1 aromatic heterocycles. The van der Waals surface area contributed by atoms with E-state index >= 15 is 0 Å². The summed E-state index contributed by atoms with van der Waals surface area (Å²) < 4.78 is 39.6. The van der Waals surface area contributed by atoms with Crippen LogP contribution in [0.5, 0.6) is 0 Å². The number of piperidine rings is 1. The summed E-state index contributed by atoms with van der Waals surface area (Å²) in [4.78, 5) is 10.4. The van der Waals surface area contributed by atoms with Crippen molar-refractivity contribution in [3.63, 3.8) is 0 Å². The van der Waals surface area contributed by atoms with Gasteiger partial charge in [0.15, 0.2) is 0 Å². The van der Waals surface area contributed by atoms with E-state index in [9.17, 15) is 13.2 Å². The molecule has 0 radical (unpaired) electrons. The molecule has 1 aliphatic rings. The third kappa shape index (κ3) is 3.02. The number of anilines is 1. The minimum absolute atomic E-state index is 0.00529. The van der Waals surface area contributed by atoms with E-state index in [-0.39, 0.29) is 5.52 Å². The van der Waals surface area contributed by atoms with Crippen LogP contribution in [0.4, 0.5) is 18.9 Å². The van der Waals surface area contributed by atoms with Crippen molar-refractivity contribution in [1.29, 1.82) is 0 Å². The summed E-state index contributed by atoms with van der Waals surface area (Å²) in [5.41, 5.74) is 1.17. The van der Waals surface area contributed by atoms with Crippen molar-refractivity contribution >= 4 is 22.3 Å². The second-order valence-electron chi connectivity index (χ2n) is 6.01. The molecule has 1 aliphatic heterocycles. The van der Waals surface area contributed by atoms with Gasteiger partial charge in [-0.1, -0.05) is 6.92 Å². The highest BCUT2D eigenvalue weighted by atomic mass is 19.4. The number of alkyl halides is 3. The highest BCUT2D eigenvalue weighted by molar-refractivity contribution is 5.97. The zero-order valence-electron chi connectivity index (χ0n) is 13.1. The molecule has 3 rings (SSSR count). The smallest absolute Gasteiger partial charge is 0.365 e. The monoisotopic (exact) mass is 321 g/mol. The Balaban J connectivity index is 2.12. The molecule has 0 unspecified atom stereocenters. The number of pyridine rings is 1. The van der Waals surface area contributed by atoms with E-state index in [1.807, 2.05) is 0 Å². The fraction of sp³-hybridized carbons (Fsp3) is 0.412. The molecule has 1 aromatic carbocycles. The lowest BCUT2D eigenvalue weighted by molar-refractivity contribution is -0.136. The first-order valence-electron chi connectivity index (χ1n) is 7.54. The van der Waals surface area contributed by atoms with E-state index in [2.05, 4.69) is 21.8 Å². The topological polar surface area (TPSA) is 28.5 Å². The average Bonchev–Trinajstić information content (AvgIpc) is 2.52. The summed E-state index contributed by atoms with van der Waals surface area (Å²) in [6, 6.07) is 6.06. The molecule has 0 amide bonds. The Morgan fingerprint density at radius 1 is 1.26 bits per heavy atom. The van der Waals surface area contributed by atoms with E-state index in [0.717, 1.165) is 30.4 Å². The van der Waals surface area contributed by atoms with Gasteiger partial charge in [0.05, 0.1) is 17.6 Å². The second-order valence-corrected chi connectivity index (χ2v) is 6.01. The number of fused-ring (bicyclic) bond motifs is 1. The lowest BCUT2D eigenvalue weighted by atomic mass is 9.96. The molecule has 3 nitrogen and oxygen atoms in total. The fourth-order valence-electron chi connectivity index (χ4n) is 3.20. The van der Waals surface area contributed by atoms with E-state index in [1.54, 1.807) is 25.2 Å². The number of benzene rings is 1. The number of nitrogens with zero attached hydrogens (tertiary/aromatic N) is 3. The first-order chi connectivity index (χ1) is 10.9. The van der Waals surface area contributed by atoms with Crippen molar-refractivity contribution in [3.05, 3.63) is 36.0 Å². The zero-order chi connectivity index (χ0) is 16.6. The van der Waals surface area contributed by atoms with Crippen LogP contribution in [0.25, 0.3) is 10.9 Å². The van der Waals surface area contributed by atoms with E-state index in [1.165, 1.54) is 6.20 Å². The van der Waals surface area contributed by atoms with Crippen LogP contribution < -0.4 is 4.90 Å². The van der Waals surface area contributed by atoms with Crippen molar-refractivity contribution in [2.24, 2.45) is 10.9 Å². The molecule has 2 heterocycles. The molecule has 0 aliphatic carbocycles. The Bertz CT molecular complexity index is 752. The molecule has 6 heteroatoms. The number of hydrogen-bond acceptors (Lipinski definition) is 3. The summed E-state index contributed by atoms with van der Waals surface area (Å²) in [7, 11) is 1.76. The minimum Gasteiger partial charge on any atom is -0.365 e. The molecule has 0 spiro atoms.